The third-order valence-electron chi connectivity index (χ3n) is 3.80. The van der Waals surface area contributed by atoms with Crippen molar-refractivity contribution in [3.8, 4) is 5.88 Å². The van der Waals surface area contributed by atoms with Gasteiger partial charge < -0.3 is 10.5 Å². The zero-order chi connectivity index (χ0) is 13.1. The van der Waals surface area contributed by atoms with Crippen LogP contribution in [0.25, 0.3) is 0 Å². The second-order valence-electron chi connectivity index (χ2n) is 5.18. The molecule has 2 N–H and O–H groups in total. The summed E-state index contributed by atoms with van der Waals surface area (Å²) in [7, 11) is 3.63. The summed E-state index contributed by atoms with van der Waals surface area (Å²) in [6.07, 6.45) is 2.50. The zero-order valence-corrected chi connectivity index (χ0v) is 12.9. The van der Waals surface area contributed by atoms with Gasteiger partial charge in [-0.25, -0.2) is 4.68 Å². The molecule has 1 fully saturated rings. The summed E-state index contributed by atoms with van der Waals surface area (Å²) < 4.78 is 7.26. The Morgan fingerprint density at radius 1 is 1.47 bits per heavy atom. The summed E-state index contributed by atoms with van der Waals surface area (Å²) in [6.45, 7) is 5.99. The van der Waals surface area contributed by atoms with Crippen molar-refractivity contribution in [1.82, 2.24) is 14.7 Å². The number of hydrogen-bond donors (Lipinski definition) is 1. The standard InChI is InChI=1S/C13H24N4O.ClH/c1-10-12(13(18-3)16(2)15-10)9-17-6-4-5-11(7-14)8-17;/h11H,4-9,14H2,1-3H3;1H. The van der Waals surface area contributed by atoms with Gasteiger partial charge in [-0.3, -0.25) is 4.90 Å². The molecule has 0 radical (unpaired) electrons. The average molecular weight is 289 g/mol. The molecule has 5 nitrogen and oxygen atoms in total. The van der Waals surface area contributed by atoms with Crippen LogP contribution < -0.4 is 10.5 Å². The van der Waals surface area contributed by atoms with Crippen LogP contribution in [0.1, 0.15) is 24.1 Å². The van der Waals surface area contributed by atoms with E-state index in [1.54, 1.807) is 7.11 Å². The van der Waals surface area contributed by atoms with Gasteiger partial charge in [0.05, 0.1) is 18.4 Å². The molecule has 0 bridgehead atoms. The van der Waals surface area contributed by atoms with Crippen LogP contribution >= 0.6 is 12.4 Å². The van der Waals surface area contributed by atoms with Gasteiger partial charge in [0, 0.05) is 20.1 Å². The van der Waals surface area contributed by atoms with E-state index >= 15 is 0 Å². The molecule has 1 saturated heterocycles. The molecule has 1 aromatic heterocycles. The van der Waals surface area contributed by atoms with E-state index in [0.717, 1.165) is 37.8 Å². The Morgan fingerprint density at radius 2 is 2.21 bits per heavy atom. The fourth-order valence-corrected chi connectivity index (χ4v) is 2.83. The molecule has 6 heteroatoms. The van der Waals surface area contributed by atoms with Crippen molar-refractivity contribution >= 4 is 12.4 Å². The normalized spacial score (nSPS) is 20.1. The highest BCUT2D eigenvalue weighted by Crippen LogP contribution is 2.25. The average Bonchev–Trinajstić information content (AvgIpc) is 2.64. The number of halogens is 1. The lowest BCUT2D eigenvalue weighted by atomic mass is 9.98. The van der Waals surface area contributed by atoms with Crippen LogP contribution in [-0.2, 0) is 13.6 Å². The van der Waals surface area contributed by atoms with Gasteiger partial charge in [-0.1, -0.05) is 0 Å². The SMILES string of the molecule is COc1c(CN2CCCC(CN)C2)c(C)nn1C.Cl. The molecule has 110 valence electrons. The van der Waals surface area contributed by atoms with Crippen LogP contribution in [0.4, 0.5) is 0 Å². The number of nitrogens with two attached hydrogens (primary N) is 1. The van der Waals surface area contributed by atoms with Gasteiger partial charge in [-0.2, -0.15) is 5.10 Å². The first-order valence-electron chi connectivity index (χ1n) is 6.64. The Labute approximate surface area is 121 Å². The third kappa shape index (κ3) is 3.61. The fourth-order valence-electron chi connectivity index (χ4n) is 2.83. The number of aryl methyl sites for hydroxylation is 2. The van der Waals surface area contributed by atoms with Crippen molar-refractivity contribution < 1.29 is 4.74 Å². The Morgan fingerprint density at radius 3 is 2.84 bits per heavy atom. The molecule has 2 heterocycles. The second-order valence-corrected chi connectivity index (χ2v) is 5.18. The van der Waals surface area contributed by atoms with E-state index in [1.165, 1.54) is 18.4 Å². The van der Waals surface area contributed by atoms with Gasteiger partial charge in [0.15, 0.2) is 0 Å². The first-order chi connectivity index (χ1) is 8.65. The molecule has 0 amide bonds. The number of nitrogens with zero attached hydrogens (tertiary/aromatic N) is 3. The summed E-state index contributed by atoms with van der Waals surface area (Å²) in [5.41, 5.74) is 8.05. The third-order valence-corrected chi connectivity index (χ3v) is 3.80. The molecule has 2 rings (SSSR count). The van der Waals surface area contributed by atoms with E-state index < -0.39 is 0 Å². The molecule has 0 spiro atoms. The van der Waals surface area contributed by atoms with Crippen molar-refractivity contribution in [1.29, 1.82) is 0 Å². The predicted molar refractivity (Wildman–Crippen MR) is 78.8 cm³/mol. The van der Waals surface area contributed by atoms with E-state index in [-0.39, 0.29) is 12.4 Å². The number of piperidine rings is 1. The van der Waals surface area contributed by atoms with Crippen LogP contribution in [0.3, 0.4) is 0 Å². The molecular weight excluding hydrogens is 264 g/mol. The molecular formula is C13H25ClN4O. The van der Waals surface area contributed by atoms with E-state index in [2.05, 4.69) is 10.00 Å². The van der Waals surface area contributed by atoms with Crippen LogP contribution in [0.2, 0.25) is 0 Å². The lowest BCUT2D eigenvalue weighted by Gasteiger charge is -2.32. The highest BCUT2D eigenvalue weighted by atomic mass is 35.5. The first-order valence-corrected chi connectivity index (χ1v) is 6.64. The Bertz CT molecular complexity index is 408. The summed E-state index contributed by atoms with van der Waals surface area (Å²) >= 11 is 0. The van der Waals surface area contributed by atoms with E-state index in [9.17, 15) is 0 Å². The molecule has 0 saturated carbocycles. The van der Waals surface area contributed by atoms with Gasteiger partial charge in [0.2, 0.25) is 5.88 Å². The summed E-state index contributed by atoms with van der Waals surface area (Å²) in [6, 6.07) is 0. The van der Waals surface area contributed by atoms with Crippen molar-refractivity contribution in [3.05, 3.63) is 11.3 Å². The van der Waals surface area contributed by atoms with E-state index in [1.807, 2.05) is 18.7 Å². The van der Waals surface area contributed by atoms with Crippen LogP contribution in [0.5, 0.6) is 5.88 Å². The number of rotatable bonds is 4. The maximum absolute atomic E-state index is 5.78. The summed E-state index contributed by atoms with van der Waals surface area (Å²) in [5.74, 6) is 1.52. The number of aromatic nitrogens is 2. The van der Waals surface area contributed by atoms with E-state index in [4.69, 9.17) is 10.5 Å². The molecule has 1 atom stereocenters. The lowest BCUT2D eigenvalue weighted by Crippen LogP contribution is -2.38. The molecule has 1 aromatic rings. The number of hydrogen-bond acceptors (Lipinski definition) is 4. The molecule has 0 aromatic carbocycles. The van der Waals surface area contributed by atoms with Crippen LogP contribution in [0, 0.1) is 12.8 Å². The zero-order valence-electron chi connectivity index (χ0n) is 12.1. The second kappa shape index (κ2) is 7.12. The highest BCUT2D eigenvalue weighted by molar-refractivity contribution is 5.85. The lowest BCUT2D eigenvalue weighted by molar-refractivity contribution is 0.169. The molecule has 1 aliphatic rings. The smallest absolute Gasteiger partial charge is 0.216 e. The van der Waals surface area contributed by atoms with Crippen LogP contribution in [-0.4, -0.2) is 41.4 Å². The maximum atomic E-state index is 5.78. The monoisotopic (exact) mass is 288 g/mol. The number of ether oxygens (including phenoxy) is 1. The van der Waals surface area contributed by atoms with Gasteiger partial charge in [-0.05, 0) is 38.8 Å². The van der Waals surface area contributed by atoms with Crippen molar-refractivity contribution in [2.45, 2.75) is 26.3 Å². The molecule has 0 aliphatic carbocycles. The Kier molecular flexibility index (Phi) is 6.10. The Balaban J connectivity index is 0.00000180. The molecule has 19 heavy (non-hydrogen) atoms. The first kappa shape index (κ1) is 16.3. The largest absolute Gasteiger partial charge is 0.481 e. The summed E-state index contributed by atoms with van der Waals surface area (Å²) in [4.78, 5) is 2.47. The van der Waals surface area contributed by atoms with Gasteiger partial charge >= 0.3 is 0 Å². The Hall–Kier alpha value is -0.780. The summed E-state index contributed by atoms with van der Waals surface area (Å²) in [5, 5.41) is 4.43. The quantitative estimate of drug-likeness (QED) is 0.908. The highest BCUT2D eigenvalue weighted by Gasteiger charge is 2.22. The molecule has 1 aliphatic heterocycles. The number of methoxy groups -OCH3 is 1. The van der Waals surface area contributed by atoms with Gasteiger partial charge in [0.1, 0.15) is 0 Å². The minimum atomic E-state index is 0. The van der Waals surface area contributed by atoms with Gasteiger partial charge in [0.25, 0.3) is 0 Å². The van der Waals surface area contributed by atoms with Crippen LogP contribution in [0.15, 0.2) is 0 Å². The van der Waals surface area contributed by atoms with Crippen molar-refractivity contribution in [2.75, 3.05) is 26.7 Å². The van der Waals surface area contributed by atoms with Crippen molar-refractivity contribution in [2.24, 2.45) is 18.7 Å². The topological polar surface area (TPSA) is 56.3 Å². The van der Waals surface area contributed by atoms with Gasteiger partial charge in [-0.15, -0.1) is 12.4 Å². The minimum absolute atomic E-state index is 0. The minimum Gasteiger partial charge on any atom is -0.481 e. The van der Waals surface area contributed by atoms with Crippen molar-refractivity contribution in [3.63, 3.8) is 0 Å². The number of likely N-dealkylation sites (tertiary alicyclic amines) is 1. The van der Waals surface area contributed by atoms with E-state index in [0.29, 0.717) is 5.92 Å². The fraction of sp³-hybridized carbons (Fsp3) is 0.769. The maximum Gasteiger partial charge on any atom is 0.216 e. The molecule has 1 unspecified atom stereocenters. The predicted octanol–water partition coefficient (Wildman–Crippen LogP) is 1.33.